The highest BCUT2D eigenvalue weighted by molar-refractivity contribution is 7.85. The molecule has 0 aliphatic carbocycles. The van der Waals surface area contributed by atoms with Crippen molar-refractivity contribution in [1.29, 1.82) is 0 Å². The predicted octanol–water partition coefficient (Wildman–Crippen LogP) is 1.69. The lowest BCUT2D eigenvalue weighted by Gasteiger charge is -2.06. The fourth-order valence-corrected chi connectivity index (χ4v) is 1.65. The zero-order valence-electron chi connectivity index (χ0n) is 9.11. The maximum atomic E-state index is 13.3. The maximum Gasteiger partial charge on any atom is 0.338 e. The molecule has 0 amide bonds. The lowest BCUT2D eigenvalue weighted by Crippen LogP contribution is -2.10. The molecule has 0 fully saturated rings. The molecule has 1 rings (SSSR count). The van der Waals surface area contributed by atoms with Gasteiger partial charge in [-0.25, -0.2) is 13.6 Å². The number of hydrogen-bond donors (Lipinski definition) is 1. The molecule has 0 spiro atoms. The molecule has 1 N–H and O–H groups in total. The van der Waals surface area contributed by atoms with Gasteiger partial charge in [-0.3, -0.25) is 4.55 Å². The molecule has 0 heterocycles. The van der Waals surface area contributed by atoms with Gasteiger partial charge in [0.05, 0.1) is 0 Å². The number of ether oxygens (including phenoxy) is 1. The number of rotatable bonds is 3. The van der Waals surface area contributed by atoms with Crippen LogP contribution in [-0.2, 0) is 14.9 Å². The molecular formula is C10H8F2O5S. The second-order valence-corrected chi connectivity index (χ2v) is 4.72. The first-order chi connectivity index (χ1) is 8.12. The summed E-state index contributed by atoms with van der Waals surface area (Å²) in [5, 5.41) is 0. The molecule has 0 aliphatic heterocycles. The highest BCUT2D eigenvalue weighted by Gasteiger charge is 2.23. The molecule has 0 aliphatic rings. The Balaban J connectivity index is 3.24. The molecular weight excluding hydrogens is 270 g/mol. The van der Waals surface area contributed by atoms with E-state index in [0.717, 1.165) is 0 Å². The molecule has 0 aromatic heterocycles. The Hall–Kier alpha value is -1.80. The molecule has 98 valence electrons. The van der Waals surface area contributed by atoms with Crippen molar-refractivity contribution in [1.82, 2.24) is 0 Å². The third-order valence-electron chi connectivity index (χ3n) is 1.79. The van der Waals surface area contributed by atoms with E-state index in [-0.39, 0.29) is 5.57 Å². The van der Waals surface area contributed by atoms with Crippen molar-refractivity contribution < 1.29 is 31.3 Å². The molecule has 0 radical (unpaired) electrons. The normalized spacial score (nSPS) is 11.1. The van der Waals surface area contributed by atoms with Crippen molar-refractivity contribution in [3.63, 3.8) is 0 Å². The molecule has 0 unspecified atom stereocenters. The third kappa shape index (κ3) is 3.11. The largest absolute Gasteiger partial charge is 0.423 e. The Labute approximate surface area is 101 Å². The van der Waals surface area contributed by atoms with Gasteiger partial charge in [-0.2, -0.15) is 8.42 Å². The summed E-state index contributed by atoms with van der Waals surface area (Å²) < 4.78 is 61.0. The van der Waals surface area contributed by atoms with Crippen LogP contribution in [-0.4, -0.2) is 18.9 Å². The number of carbonyl (C=O) groups excluding carboxylic acids is 1. The standard InChI is InChI=1S/C10H8F2O5S/c1-5(2)10(13)17-6-3-7(11)9(8(12)4-6)18(14,15)16/h3-4H,1H2,2H3,(H,14,15,16). The smallest absolute Gasteiger partial charge is 0.338 e. The Morgan fingerprint density at radius 2 is 1.78 bits per heavy atom. The highest BCUT2D eigenvalue weighted by atomic mass is 32.2. The summed E-state index contributed by atoms with van der Waals surface area (Å²) in [7, 11) is -5.03. The Morgan fingerprint density at radius 1 is 1.33 bits per heavy atom. The van der Waals surface area contributed by atoms with E-state index in [9.17, 15) is 22.0 Å². The van der Waals surface area contributed by atoms with Crippen LogP contribution in [0, 0.1) is 11.6 Å². The van der Waals surface area contributed by atoms with E-state index in [2.05, 4.69) is 11.3 Å². The van der Waals surface area contributed by atoms with Crippen LogP contribution in [0.4, 0.5) is 8.78 Å². The fourth-order valence-electron chi connectivity index (χ4n) is 1.04. The minimum atomic E-state index is -5.03. The summed E-state index contributed by atoms with van der Waals surface area (Å²) in [6.07, 6.45) is 0. The second kappa shape index (κ2) is 4.83. The summed E-state index contributed by atoms with van der Waals surface area (Å²) in [6.45, 7) is 4.58. The Kier molecular flexibility index (Phi) is 3.82. The summed E-state index contributed by atoms with van der Waals surface area (Å²) in [5.41, 5.74) is -0.00493. The van der Waals surface area contributed by atoms with Gasteiger partial charge in [-0.15, -0.1) is 0 Å². The fraction of sp³-hybridized carbons (Fsp3) is 0.100. The van der Waals surface area contributed by atoms with Gasteiger partial charge in [-0.1, -0.05) is 6.58 Å². The van der Waals surface area contributed by atoms with Gasteiger partial charge in [0.15, 0.2) is 16.5 Å². The van der Waals surface area contributed by atoms with E-state index < -0.39 is 38.4 Å². The molecule has 5 nitrogen and oxygen atoms in total. The van der Waals surface area contributed by atoms with Gasteiger partial charge in [0.1, 0.15) is 5.75 Å². The highest BCUT2D eigenvalue weighted by Crippen LogP contribution is 2.24. The van der Waals surface area contributed by atoms with Crippen LogP contribution in [0.3, 0.4) is 0 Å². The number of hydrogen-bond acceptors (Lipinski definition) is 4. The van der Waals surface area contributed by atoms with Crippen molar-refractivity contribution in [2.75, 3.05) is 0 Å². The van der Waals surface area contributed by atoms with Crippen molar-refractivity contribution in [3.8, 4) is 5.75 Å². The first-order valence-electron chi connectivity index (χ1n) is 4.47. The van der Waals surface area contributed by atoms with Crippen LogP contribution in [0.25, 0.3) is 0 Å². The van der Waals surface area contributed by atoms with Gasteiger partial charge in [-0.05, 0) is 6.92 Å². The summed E-state index contributed by atoms with van der Waals surface area (Å²) in [4.78, 5) is 9.58. The minimum absolute atomic E-state index is 0.00493. The monoisotopic (exact) mass is 278 g/mol. The molecule has 1 aromatic rings. The van der Waals surface area contributed by atoms with Gasteiger partial charge in [0.25, 0.3) is 10.1 Å². The first kappa shape index (κ1) is 14.3. The van der Waals surface area contributed by atoms with Gasteiger partial charge >= 0.3 is 5.97 Å². The summed E-state index contributed by atoms with van der Waals surface area (Å²) >= 11 is 0. The zero-order valence-corrected chi connectivity index (χ0v) is 9.92. The van der Waals surface area contributed by atoms with Gasteiger partial charge in [0, 0.05) is 17.7 Å². The van der Waals surface area contributed by atoms with E-state index >= 15 is 0 Å². The van der Waals surface area contributed by atoms with Gasteiger partial charge < -0.3 is 4.74 Å². The lowest BCUT2D eigenvalue weighted by molar-refractivity contribution is -0.130. The van der Waals surface area contributed by atoms with E-state index in [1.54, 1.807) is 0 Å². The average molecular weight is 278 g/mol. The van der Waals surface area contributed by atoms with Crippen LogP contribution in [0.1, 0.15) is 6.92 Å². The lowest BCUT2D eigenvalue weighted by atomic mass is 10.3. The predicted molar refractivity (Wildman–Crippen MR) is 56.6 cm³/mol. The Bertz CT molecular complexity index is 598. The van der Waals surface area contributed by atoms with Crippen molar-refractivity contribution in [2.24, 2.45) is 0 Å². The van der Waals surface area contributed by atoms with Crippen LogP contribution in [0.5, 0.6) is 5.75 Å². The minimum Gasteiger partial charge on any atom is -0.423 e. The summed E-state index contributed by atoms with van der Waals surface area (Å²) in [6, 6.07) is 0.931. The third-order valence-corrected chi connectivity index (χ3v) is 2.69. The maximum absolute atomic E-state index is 13.3. The van der Waals surface area contributed by atoms with Crippen molar-refractivity contribution in [3.05, 3.63) is 35.9 Å². The Morgan fingerprint density at radius 3 is 2.11 bits per heavy atom. The quantitative estimate of drug-likeness (QED) is 0.394. The SMILES string of the molecule is C=C(C)C(=O)Oc1cc(F)c(S(=O)(=O)O)c(F)c1. The molecule has 0 saturated heterocycles. The van der Waals surface area contributed by atoms with Gasteiger partial charge in [0.2, 0.25) is 0 Å². The van der Waals surface area contributed by atoms with E-state index in [0.29, 0.717) is 12.1 Å². The van der Waals surface area contributed by atoms with Crippen molar-refractivity contribution >= 4 is 16.1 Å². The van der Waals surface area contributed by atoms with Crippen LogP contribution >= 0.6 is 0 Å². The average Bonchev–Trinajstić information content (AvgIpc) is 2.13. The van der Waals surface area contributed by atoms with E-state index in [1.807, 2.05) is 0 Å². The molecule has 8 heteroatoms. The van der Waals surface area contributed by atoms with E-state index in [1.165, 1.54) is 6.92 Å². The first-order valence-corrected chi connectivity index (χ1v) is 5.91. The number of halogens is 2. The number of benzene rings is 1. The number of esters is 1. The molecule has 18 heavy (non-hydrogen) atoms. The zero-order chi connectivity index (χ0) is 14.1. The molecule has 0 saturated carbocycles. The van der Waals surface area contributed by atoms with E-state index in [4.69, 9.17) is 4.55 Å². The second-order valence-electron chi connectivity index (χ2n) is 3.36. The van der Waals surface area contributed by atoms with Crippen LogP contribution < -0.4 is 4.74 Å². The number of carbonyl (C=O) groups is 1. The molecule has 1 aromatic carbocycles. The molecule has 0 bridgehead atoms. The van der Waals surface area contributed by atoms with Crippen molar-refractivity contribution in [2.45, 2.75) is 11.8 Å². The van der Waals surface area contributed by atoms with Crippen LogP contribution in [0.15, 0.2) is 29.2 Å². The topological polar surface area (TPSA) is 80.7 Å². The van der Waals surface area contributed by atoms with Crippen LogP contribution in [0.2, 0.25) is 0 Å². The molecule has 0 atom stereocenters. The summed E-state index contributed by atoms with van der Waals surface area (Å²) in [5.74, 6) is -4.59.